The predicted molar refractivity (Wildman–Crippen MR) is 77.1 cm³/mol. The van der Waals surface area contributed by atoms with Crippen molar-refractivity contribution in [1.29, 1.82) is 0 Å². The molecule has 0 saturated carbocycles. The number of benzene rings is 2. The first-order valence-electron chi connectivity index (χ1n) is 5.82. The van der Waals surface area contributed by atoms with Crippen molar-refractivity contribution in [1.82, 2.24) is 4.72 Å². The molecular formula is C14H12ClNO3S. The van der Waals surface area contributed by atoms with Crippen molar-refractivity contribution in [2.24, 2.45) is 0 Å². The zero-order chi connectivity index (χ0) is 14.6. The van der Waals surface area contributed by atoms with E-state index in [0.717, 1.165) is 5.56 Å². The van der Waals surface area contributed by atoms with Crippen LogP contribution >= 0.6 is 11.6 Å². The van der Waals surface area contributed by atoms with Gasteiger partial charge in [0, 0.05) is 12.1 Å². The molecule has 0 fully saturated rings. The fourth-order valence-corrected chi connectivity index (χ4v) is 2.82. The Morgan fingerprint density at radius 3 is 2.40 bits per heavy atom. The highest BCUT2D eigenvalue weighted by molar-refractivity contribution is 7.89. The van der Waals surface area contributed by atoms with E-state index in [4.69, 9.17) is 11.6 Å². The third-order valence-electron chi connectivity index (χ3n) is 2.68. The zero-order valence-electron chi connectivity index (χ0n) is 10.4. The number of sulfonamides is 1. The van der Waals surface area contributed by atoms with Gasteiger partial charge >= 0.3 is 0 Å². The average Bonchev–Trinajstić information content (AvgIpc) is 2.46. The molecule has 0 spiro atoms. The van der Waals surface area contributed by atoms with Crippen LogP contribution in [0.4, 0.5) is 0 Å². The van der Waals surface area contributed by atoms with Crippen LogP contribution in [-0.2, 0) is 16.6 Å². The minimum atomic E-state index is -3.68. The summed E-state index contributed by atoms with van der Waals surface area (Å²) in [5, 5.41) is -0.690. The summed E-state index contributed by atoms with van der Waals surface area (Å²) < 4.78 is 26.7. The molecule has 1 N–H and O–H groups in total. The molecule has 0 aliphatic heterocycles. The highest BCUT2D eigenvalue weighted by atomic mass is 35.5. The normalized spacial score (nSPS) is 11.2. The van der Waals surface area contributed by atoms with Gasteiger partial charge in [-0.05, 0) is 29.3 Å². The van der Waals surface area contributed by atoms with Crippen molar-refractivity contribution in [3.8, 4) is 0 Å². The van der Waals surface area contributed by atoms with Crippen LogP contribution in [0.3, 0.4) is 0 Å². The Kier molecular flexibility index (Phi) is 4.54. The van der Waals surface area contributed by atoms with Crippen LogP contribution < -0.4 is 4.72 Å². The Hall–Kier alpha value is -1.69. The van der Waals surface area contributed by atoms with Crippen LogP contribution in [0.1, 0.15) is 15.9 Å². The first kappa shape index (κ1) is 14.7. The van der Waals surface area contributed by atoms with E-state index in [0.29, 0.717) is 0 Å². The molecule has 0 unspecified atom stereocenters. The lowest BCUT2D eigenvalue weighted by molar-refractivity contribution is 0.108. The van der Waals surface area contributed by atoms with Crippen molar-refractivity contribution < 1.29 is 13.2 Å². The van der Waals surface area contributed by atoms with Gasteiger partial charge in [-0.3, -0.25) is 4.79 Å². The second-order valence-electron chi connectivity index (χ2n) is 4.11. The molecule has 2 aromatic rings. The molecule has 6 heteroatoms. The van der Waals surface area contributed by atoms with Gasteiger partial charge in [0.1, 0.15) is 0 Å². The van der Waals surface area contributed by atoms with Crippen LogP contribution in [0.25, 0.3) is 0 Å². The molecule has 20 heavy (non-hydrogen) atoms. The molecule has 0 aliphatic rings. The lowest BCUT2D eigenvalue weighted by atomic mass is 10.2. The maximum absolute atomic E-state index is 12.1. The summed E-state index contributed by atoms with van der Waals surface area (Å²) in [6, 6.07) is 14.8. The molecule has 0 aromatic heterocycles. The Morgan fingerprint density at radius 1 is 1.05 bits per heavy atom. The summed E-state index contributed by atoms with van der Waals surface area (Å²) in [4.78, 5) is 11.1. The average molecular weight is 310 g/mol. The van der Waals surface area contributed by atoms with Crippen molar-refractivity contribution in [3.05, 3.63) is 65.7 Å². The smallest absolute Gasteiger partial charge is 0.252 e. The lowest BCUT2D eigenvalue weighted by Crippen LogP contribution is -2.23. The number of hydrogen-bond donors (Lipinski definition) is 1. The molecule has 0 radical (unpaired) electrons. The first-order chi connectivity index (χ1) is 9.49. The van der Waals surface area contributed by atoms with Crippen molar-refractivity contribution in [2.45, 2.75) is 11.4 Å². The Balaban J connectivity index is 2.18. The second-order valence-corrected chi connectivity index (χ2v) is 6.22. The molecule has 0 saturated heterocycles. The van der Waals surface area contributed by atoms with E-state index in [2.05, 4.69) is 4.72 Å². The standard InChI is InChI=1S/C14H12ClNO3S/c15-14(17)12-7-4-8-13(9-12)20(18,19)16-10-11-5-2-1-3-6-11/h1-9,16H,10H2. The Bertz CT molecular complexity index is 714. The molecule has 0 amide bonds. The number of halogens is 1. The summed E-state index contributed by atoms with van der Waals surface area (Å²) in [6.07, 6.45) is 0. The minimum Gasteiger partial charge on any atom is -0.276 e. The second kappa shape index (κ2) is 6.17. The van der Waals surface area contributed by atoms with E-state index in [1.165, 1.54) is 24.3 Å². The predicted octanol–water partition coefficient (Wildman–Crippen LogP) is 2.54. The molecular weight excluding hydrogens is 298 g/mol. The fourth-order valence-electron chi connectivity index (χ4n) is 1.64. The minimum absolute atomic E-state index is 0.0138. The summed E-state index contributed by atoms with van der Waals surface area (Å²) >= 11 is 5.34. The lowest BCUT2D eigenvalue weighted by Gasteiger charge is -2.07. The Labute approximate surface area is 122 Å². The van der Waals surface area contributed by atoms with Crippen LogP contribution in [0, 0.1) is 0 Å². The topological polar surface area (TPSA) is 63.2 Å². The maximum atomic E-state index is 12.1. The maximum Gasteiger partial charge on any atom is 0.252 e. The van der Waals surface area contributed by atoms with E-state index < -0.39 is 15.3 Å². The van der Waals surface area contributed by atoms with Gasteiger partial charge in [-0.25, -0.2) is 13.1 Å². The Morgan fingerprint density at radius 2 is 1.75 bits per heavy atom. The van der Waals surface area contributed by atoms with Gasteiger partial charge in [-0.2, -0.15) is 0 Å². The highest BCUT2D eigenvalue weighted by Gasteiger charge is 2.15. The SMILES string of the molecule is O=C(Cl)c1cccc(S(=O)(=O)NCc2ccccc2)c1. The molecule has 0 aliphatic carbocycles. The number of nitrogens with one attached hydrogen (secondary N) is 1. The zero-order valence-corrected chi connectivity index (χ0v) is 12.0. The molecule has 2 rings (SSSR count). The largest absolute Gasteiger partial charge is 0.276 e. The van der Waals surface area contributed by atoms with Gasteiger partial charge < -0.3 is 0 Å². The highest BCUT2D eigenvalue weighted by Crippen LogP contribution is 2.13. The number of carbonyl (C=O) groups excluding carboxylic acids is 1. The van der Waals surface area contributed by atoms with Gasteiger partial charge in [0.15, 0.2) is 0 Å². The van der Waals surface area contributed by atoms with Gasteiger partial charge in [-0.15, -0.1) is 0 Å². The third-order valence-corrected chi connectivity index (χ3v) is 4.30. The third kappa shape index (κ3) is 3.66. The number of carbonyl (C=O) groups is 1. The summed E-state index contributed by atoms with van der Waals surface area (Å²) in [6.45, 7) is 0.183. The van der Waals surface area contributed by atoms with E-state index >= 15 is 0 Å². The van der Waals surface area contributed by atoms with Gasteiger partial charge in [0.2, 0.25) is 10.0 Å². The monoisotopic (exact) mass is 309 g/mol. The first-order valence-corrected chi connectivity index (χ1v) is 7.68. The van der Waals surface area contributed by atoms with Crippen LogP contribution in [-0.4, -0.2) is 13.7 Å². The summed E-state index contributed by atoms with van der Waals surface area (Å²) in [5.74, 6) is 0. The van der Waals surface area contributed by atoms with Gasteiger partial charge in [0.25, 0.3) is 5.24 Å². The fraction of sp³-hybridized carbons (Fsp3) is 0.0714. The van der Waals surface area contributed by atoms with Crippen LogP contribution in [0.15, 0.2) is 59.5 Å². The van der Waals surface area contributed by atoms with Crippen LogP contribution in [0.2, 0.25) is 0 Å². The number of hydrogen-bond acceptors (Lipinski definition) is 3. The molecule has 0 atom stereocenters. The summed E-state index contributed by atoms with van der Waals surface area (Å²) in [7, 11) is -3.68. The van der Waals surface area contributed by atoms with Crippen LogP contribution in [0.5, 0.6) is 0 Å². The molecule has 0 bridgehead atoms. The molecule has 4 nitrogen and oxygen atoms in total. The van der Waals surface area contributed by atoms with Gasteiger partial charge in [0.05, 0.1) is 4.90 Å². The summed E-state index contributed by atoms with van der Waals surface area (Å²) in [5.41, 5.74) is 0.995. The quantitative estimate of drug-likeness (QED) is 0.863. The van der Waals surface area contributed by atoms with E-state index in [9.17, 15) is 13.2 Å². The molecule has 2 aromatic carbocycles. The van der Waals surface area contributed by atoms with Crippen molar-refractivity contribution in [2.75, 3.05) is 0 Å². The van der Waals surface area contributed by atoms with E-state index in [1.807, 2.05) is 30.3 Å². The van der Waals surface area contributed by atoms with E-state index in [-0.39, 0.29) is 17.0 Å². The number of rotatable bonds is 5. The van der Waals surface area contributed by atoms with Crippen molar-refractivity contribution >= 4 is 26.9 Å². The molecule has 0 heterocycles. The molecule has 104 valence electrons. The van der Waals surface area contributed by atoms with Crippen molar-refractivity contribution in [3.63, 3.8) is 0 Å². The van der Waals surface area contributed by atoms with E-state index in [1.54, 1.807) is 0 Å². The van der Waals surface area contributed by atoms with Gasteiger partial charge in [-0.1, -0.05) is 42.5 Å².